The van der Waals surface area contributed by atoms with Crippen LogP contribution in [0.25, 0.3) is 0 Å². The van der Waals surface area contributed by atoms with E-state index >= 15 is 0 Å². The predicted molar refractivity (Wildman–Crippen MR) is 131 cm³/mol. The van der Waals surface area contributed by atoms with E-state index in [0.717, 1.165) is 15.6 Å². The van der Waals surface area contributed by atoms with Gasteiger partial charge >= 0.3 is 5.97 Å². The zero-order valence-electron chi connectivity index (χ0n) is 17.8. The summed E-state index contributed by atoms with van der Waals surface area (Å²) in [6, 6.07) is 17.5. The van der Waals surface area contributed by atoms with Crippen molar-refractivity contribution >= 4 is 45.0 Å². The Morgan fingerprint density at radius 3 is 2.48 bits per heavy atom. The van der Waals surface area contributed by atoms with E-state index in [4.69, 9.17) is 21.0 Å². The first-order valence-electron chi connectivity index (χ1n) is 9.96. The molecule has 0 unspecified atom stereocenters. The lowest BCUT2D eigenvalue weighted by Gasteiger charge is -2.16. The highest BCUT2D eigenvalue weighted by Gasteiger charge is 2.14. The van der Waals surface area contributed by atoms with Gasteiger partial charge < -0.3 is 26.2 Å². The summed E-state index contributed by atoms with van der Waals surface area (Å²) in [6.45, 7) is 1.76. The molecule has 3 aromatic carbocycles. The number of aliphatic carboxylic acids is 1. The number of carbonyl (C=O) groups is 2. The van der Waals surface area contributed by atoms with Crippen molar-refractivity contribution in [3.05, 3.63) is 87.4 Å². The van der Waals surface area contributed by atoms with E-state index in [1.807, 2.05) is 25.1 Å². The summed E-state index contributed by atoms with van der Waals surface area (Å²) in [7, 11) is 0. The van der Waals surface area contributed by atoms with Crippen LogP contribution in [-0.4, -0.2) is 29.4 Å². The maximum atomic E-state index is 13.0. The average Bonchev–Trinajstić information content (AvgIpc) is 2.77. The molecule has 6 N–H and O–H groups in total. The van der Waals surface area contributed by atoms with Gasteiger partial charge in [-0.2, -0.15) is 0 Å². The molecule has 33 heavy (non-hydrogen) atoms. The van der Waals surface area contributed by atoms with E-state index < -0.39 is 12.6 Å². The standard InChI is InChI=1S/C24H23BrN4O4/c1-14-2-8-20(28-12-16-11-17(25)5-9-21(16)33-13-22(30)31)19(10-14)24(32)29-18-6-3-15(4-7-18)23(26)27/h2-11,28H,12-13H2,1H3,(H3,26,27)(H,29,32)(H,30,31). The summed E-state index contributed by atoms with van der Waals surface area (Å²) < 4.78 is 6.20. The summed E-state index contributed by atoms with van der Waals surface area (Å²) in [4.78, 5) is 23.9. The zero-order chi connectivity index (χ0) is 24.0. The molecule has 0 bridgehead atoms. The first-order valence-corrected chi connectivity index (χ1v) is 10.8. The largest absolute Gasteiger partial charge is 0.482 e. The second kappa shape index (κ2) is 10.6. The number of benzene rings is 3. The highest BCUT2D eigenvalue weighted by Crippen LogP contribution is 2.26. The number of hydrogen-bond donors (Lipinski definition) is 5. The van der Waals surface area contributed by atoms with Crippen molar-refractivity contribution in [3.63, 3.8) is 0 Å². The number of nitrogens with two attached hydrogens (primary N) is 1. The summed E-state index contributed by atoms with van der Waals surface area (Å²) in [5.74, 6) is -0.965. The molecule has 0 fully saturated rings. The number of amides is 1. The molecular weight excluding hydrogens is 488 g/mol. The molecule has 0 radical (unpaired) electrons. The van der Waals surface area contributed by atoms with Gasteiger partial charge in [0.15, 0.2) is 6.61 Å². The van der Waals surface area contributed by atoms with E-state index in [9.17, 15) is 9.59 Å². The van der Waals surface area contributed by atoms with E-state index in [1.165, 1.54) is 0 Å². The first kappa shape index (κ1) is 23.8. The quantitative estimate of drug-likeness (QED) is 0.214. The van der Waals surface area contributed by atoms with Gasteiger partial charge in [-0.05, 0) is 61.5 Å². The third kappa shape index (κ3) is 6.56. The van der Waals surface area contributed by atoms with Gasteiger partial charge in [0.25, 0.3) is 5.91 Å². The molecule has 0 saturated heterocycles. The molecule has 170 valence electrons. The SMILES string of the molecule is Cc1ccc(NCc2cc(Br)ccc2OCC(=O)O)c(C(=O)Nc2ccc(C(=N)N)cc2)c1. The van der Waals surface area contributed by atoms with Crippen molar-refractivity contribution in [2.24, 2.45) is 5.73 Å². The number of carbonyl (C=O) groups excluding carboxylic acids is 1. The van der Waals surface area contributed by atoms with E-state index in [2.05, 4.69) is 26.6 Å². The monoisotopic (exact) mass is 510 g/mol. The van der Waals surface area contributed by atoms with Crippen LogP contribution in [0.15, 0.2) is 65.1 Å². The number of nitrogens with one attached hydrogen (secondary N) is 3. The highest BCUT2D eigenvalue weighted by molar-refractivity contribution is 9.10. The van der Waals surface area contributed by atoms with Gasteiger partial charge in [0.05, 0.1) is 5.56 Å². The predicted octanol–water partition coefficient (Wildman–Crippen LogP) is 4.37. The van der Waals surface area contributed by atoms with Crippen LogP contribution >= 0.6 is 15.9 Å². The normalized spacial score (nSPS) is 10.4. The number of ether oxygens (including phenoxy) is 1. The molecule has 0 saturated carbocycles. The van der Waals surface area contributed by atoms with Gasteiger partial charge in [0.2, 0.25) is 0 Å². The molecule has 0 spiro atoms. The number of hydrogen-bond acceptors (Lipinski definition) is 5. The Morgan fingerprint density at radius 2 is 1.82 bits per heavy atom. The molecule has 0 aromatic heterocycles. The molecule has 0 aliphatic heterocycles. The van der Waals surface area contributed by atoms with E-state index in [1.54, 1.807) is 42.5 Å². The van der Waals surface area contributed by atoms with Crippen molar-refractivity contribution in [1.82, 2.24) is 0 Å². The number of halogens is 1. The van der Waals surface area contributed by atoms with Gasteiger partial charge in [-0.25, -0.2) is 4.79 Å². The molecule has 0 atom stereocenters. The molecular formula is C24H23BrN4O4. The molecule has 0 aliphatic carbocycles. The number of carboxylic acid groups (broad SMARTS) is 1. The summed E-state index contributed by atoms with van der Waals surface area (Å²) in [5, 5.41) is 22.5. The molecule has 3 aromatic rings. The number of rotatable bonds is 9. The minimum absolute atomic E-state index is 0.0442. The van der Waals surface area contributed by atoms with Crippen LogP contribution in [0.2, 0.25) is 0 Å². The van der Waals surface area contributed by atoms with E-state index in [0.29, 0.717) is 34.8 Å². The highest BCUT2D eigenvalue weighted by atomic mass is 79.9. The smallest absolute Gasteiger partial charge is 0.341 e. The topological polar surface area (TPSA) is 138 Å². The fraction of sp³-hybridized carbons (Fsp3) is 0.125. The molecule has 1 amide bonds. The minimum atomic E-state index is -1.06. The lowest BCUT2D eigenvalue weighted by molar-refractivity contribution is -0.139. The second-order valence-electron chi connectivity index (χ2n) is 7.28. The van der Waals surface area contributed by atoms with Gasteiger partial charge in [0.1, 0.15) is 11.6 Å². The van der Waals surface area contributed by atoms with Crippen LogP contribution in [-0.2, 0) is 11.3 Å². The van der Waals surface area contributed by atoms with Crippen LogP contribution in [0.1, 0.15) is 27.0 Å². The molecule has 0 aliphatic rings. The summed E-state index contributed by atoms with van der Waals surface area (Å²) in [5.41, 5.74) is 9.34. The maximum absolute atomic E-state index is 13.0. The fourth-order valence-corrected chi connectivity index (χ4v) is 3.50. The average molecular weight is 511 g/mol. The molecule has 9 heteroatoms. The first-order chi connectivity index (χ1) is 15.7. The Bertz CT molecular complexity index is 1200. The fourth-order valence-electron chi connectivity index (χ4n) is 3.09. The van der Waals surface area contributed by atoms with Crippen molar-refractivity contribution < 1.29 is 19.4 Å². The van der Waals surface area contributed by atoms with Gasteiger partial charge in [0, 0.05) is 33.5 Å². The maximum Gasteiger partial charge on any atom is 0.341 e. The van der Waals surface area contributed by atoms with Gasteiger partial charge in [-0.1, -0.05) is 27.6 Å². The third-order valence-electron chi connectivity index (χ3n) is 4.72. The van der Waals surface area contributed by atoms with Crippen LogP contribution < -0.4 is 21.1 Å². The van der Waals surface area contributed by atoms with Crippen molar-refractivity contribution in [2.75, 3.05) is 17.2 Å². The number of amidine groups is 1. The van der Waals surface area contributed by atoms with Gasteiger partial charge in [-0.15, -0.1) is 0 Å². The molecule has 8 nitrogen and oxygen atoms in total. The Morgan fingerprint density at radius 1 is 1.09 bits per heavy atom. The number of anilines is 2. The number of aryl methyl sites for hydroxylation is 1. The zero-order valence-corrected chi connectivity index (χ0v) is 19.4. The van der Waals surface area contributed by atoms with Crippen LogP contribution in [0.5, 0.6) is 5.75 Å². The molecule has 3 rings (SSSR count). The number of carboxylic acids is 1. The lowest BCUT2D eigenvalue weighted by atomic mass is 10.1. The van der Waals surface area contributed by atoms with E-state index in [-0.39, 0.29) is 11.7 Å². The van der Waals surface area contributed by atoms with Crippen molar-refractivity contribution in [3.8, 4) is 5.75 Å². The van der Waals surface area contributed by atoms with Crippen LogP contribution in [0.4, 0.5) is 11.4 Å². The Kier molecular flexibility index (Phi) is 7.68. The Labute approximate surface area is 199 Å². The van der Waals surface area contributed by atoms with Gasteiger partial charge in [-0.3, -0.25) is 10.2 Å². The van der Waals surface area contributed by atoms with Crippen molar-refractivity contribution in [2.45, 2.75) is 13.5 Å². The molecule has 0 heterocycles. The summed E-state index contributed by atoms with van der Waals surface area (Å²) in [6.07, 6.45) is 0. The summed E-state index contributed by atoms with van der Waals surface area (Å²) >= 11 is 3.42. The van der Waals surface area contributed by atoms with Crippen LogP contribution in [0, 0.1) is 12.3 Å². The Hall–Kier alpha value is -3.85. The van der Waals surface area contributed by atoms with Crippen molar-refractivity contribution in [1.29, 1.82) is 5.41 Å². The Balaban J connectivity index is 1.79. The number of nitrogen functional groups attached to an aromatic ring is 1. The minimum Gasteiger partial charge on any atom is -0.482 e. The third-order valence-corrected chi connectivity index (χ3v) is 5.21. The van der Waals surface area contributed by atoms with Crippen LogP contribution in [0.3, 0.4) is 0 Å². The second-order valence-corrected chi connectivity index (χ2v) is 8.20. The lowest BCUT2D eigenvalue weighted by Crippen LogP contribution is -2.16.